The van der Waals surface area contributed by atoms with Crippen molar-refractivity contribution >= 4 is 23.3 Å². The van der Waals surface area contributed by atoms with Crippen molar-refractivity contribution in [3.05, 3.63) is 17.7 Å². The Hall–Kier alpha value is -2.57. The first kappa shape index (κ1) is 14.8. The fourth-order valence-corrected chi connectivity index (χ4v) is 1.87. The Kier molecular flexibility index (Phi) is 4.42. The standard InChI is InChI=1S/C14H15NO6/c1-3-19-14(18)6-13(17)15-10-5-12-11(20-7-21-12)4-9(10)8(2)16/h4-5H,3,6-7H2,1-2H3,(H,15,17). The lowest BCUT2D eigenvalue weighted by Gasteiger charge is -2.10. The first-order valence-electron chi connectivity index (χ1n) is 6.41. The number of hydrogen-bond acceptors (Lipinski definition) is 6. The smallest absolute Gasteiger partial charge is 0.315 e. The Labute approximate surface area is 121 Å². The van der Waals surface area contributed by atoms with E-state index in [1.54, 1.807) is 6.92 Å². The average molecular weight is 293 g/mol. The predicted molar refractivity (Wildman–Crippen MR) is 72.4 cm³/mol. The van der Waals surface area contributed by atoms with Gasteiger partial charge < -0.3 is 19.5 Å². The highest BCUT2D eigenvalue weighted by molar-refractivity contribution is 6.07. The van der Waals surface area contributed by atoms with Gasteiger partial charge in [0.05, 0.1) is 12.3 Å². The van der Waals surface area contributed by atoms with Crippen LogP contribution in [0, 0.1) is 0 Å². The van der Waals surface area contributed by atoms with Gasteiger partial charge in [0.1, 0.15) is 6.42 Å². The van der Waals surface area contributed by atoms with Crippen LogP contribution in [0.1, 0.15) is 30.6 Å². The number of fused-ring (bicyclic) bond motifs is 1. The maximum atomic E-state index is 11.8. The Morgan fingerprint density at radius 3 is 2.52 bits per heavy atom. The van der Waals surface area contributed by atoms with Crippen LogP contribution in [0.4, 0.5) is 5.69 Å². The van der Waals surface area contributed by atoms with Crippen LogP contribution in [-0.4, -0.2) is 31.1 Å². The zero-order valence-corrected chi connectivity index (χ0v) is 11.7. The molecule has 1 N–H and O–H groups in total. The summed E-state index contributed by atoms with van der Waals surface area (Å²) in [6, 6.07) is 3.01. The number of Topliss-reactive ketones (excluding diaryl/α,β-unsaturated/α-hetero) is 1. The topological polar surface area (TPSA) is 90.9 Å². The monoisotopic (exact) mass is 293 g/mol. The summed E-state index contributed by atoms with van der Waals surface area (Å²) in [6.07, 6.45) is -0.417. The zero-order chi connectivity index (χ0) is 15.4. The number of esters is 1. The van der Waals surface area contributed by atoms with E-state index in [0.29, 0.717) is 11.5 Å². The number of rotatable bonds is 5. The van der Waals surface area contributed by atoms with Gasteiger partial charge in [0.2, 0.25) is 12.7 Å². The third-order valence-electron chi connectivity index (χ3n) is 2.78. The normalized spacial score (nSPS) is 11.9. The predicted octanol–water partition coefficient (Wildman–Crippen LogP) is 1.51. The molecule has 7 nitrogen and oxygen atoms in total. The second-order valence-corrected chi connectivity index (χ2v) is 4.34. The van der Waals surface area contributed by atoms with Gasteiger partial charge in [0.25, 0.3) is 0 Å². The summed E-state index contributed by atoms with van der Waals surface area (Å²) in [4.78, 5) is 34.7. The summed E-state index contributed by atoms with van der Waals surface area (Å²) < 4.78 is 15.1. The highest BCUT2D eigenvalue weighted by Gasteiger charge is 2.21. The molecule has 1 aliphatic rings. The van der Waals surface area contributed by atoms with E-state index < -0.39 is 18.3 Å². The third kappa shape index (κ3) is 3.50. The molecule has 0 atom stereocenters. The van der Waals surface area contributed by atoms with Crippen molar-refractivity contribution < 1.29 is 28.6 Å². The van der Waals surface area contributed by atoms with Crippen LogP contribution < -0.4 is 14.8 Å². The molecule has 0 radical (unpaired) electrons. The summed E-state index contributed by atoms with van der Waals surface area (Å²) in [5, 5.41) is 2.51. The van der Waals surface area contributed by atoms with E-state index in [-0.39, 0.29) is 30.4 Å². The van der Waals surface area contributed by atoms with Crippen LogP contribution in [-0.2, 0) is 14.3 Å². The minimum atomic E-state index is -0.625. The Bertz CT molecular complexity index is 595. The molecular weight excluding hydrogens is 278 g/mol. The first-order valence-corrected chi connectivity index (χ1v) is 6.41. The number of hydrogen-bond donors (Lipinski definition) is 1. The van der Waals surface area contributed by atoms with Gasteiger partial charge in [-0.1, -0.05) is 0 Å². The van der Waals surface area contributed by atoms with Crippen molar-refractivity contribution in [2.45, 2.75) is 20.3 Å². The van der Waals surface area contributed by atoms with Gasteiger partial charge in [-0.3, -0.25) is 14.4 Å². The number of carbonyl (C=O) groups excluding carboxylic acids is 3. The number of benzene rings is 1. The summed E-state index contributed by atoms with van der Waals surface area (Å²) >= 11 is 0. The molecule has 0 unspecified atom stereocenters. The molecule has 112 valence electrons. The molecule has 1 aromatic carbocycles. The molecule has 0 aromatic heterocycles. The Balaban J connectivity index is 2.17. The molecule has 1 aliphatic heterocycles. The van der Waals surface area contributed by atoms with Crippen molar-refractivity contribution in [1.29, 1.82) is 0 Å². The second kappa shape index (κ2) is 6.25. The molecule has 7 heteroatoms. The molecule has 0 bridgehead atoms. The van der Waals surface area contributed by atoms with Gasteiger partial charge in [0.15, 0.2) is 17.3 Å². The van der Waals surface area contributed by atoms with E-state index in [0.717, 1.165) is 0 Å². The van der Waals surface area contributed by atoms with Crippen molar-refractivity contribution in [2.24, 2.45) is 0 Å². The maximum Gasteiger partial charge on any atom is 0.315 e. The number of carbonyl (C=O) groups is 3. The molecule has 1 heterocycles. The average Bonchev–Trinajstić information content (AvgIpc) is 2.84. The minimum absolute atomic E-state index is 0.0624. The summed E-state index contributed by atoms with van der Waals surface area (Å²) in [5.41, 5.74) is 0.567. The van der Waals surface area contributed by atoms with Crippen LogP contribution in [0.15, 0.2) is 12.1 Å². The Morgan fingerprint density at radius 1 is 1.24 bits per heavy atom. The van der Waals surface area contributed by atoms with Crippen molar-refractivity contribution in [1.82, 2.24) is 0 Å². The van der Waals surface area contributed by atoms with Crippen LogP contribution in [0.25, 0.3) is 0 Å². The lowest BCUT2D eigenvalue weighted by atomic mass is 10.1. The van der Waals surface area contributed by atoms with E-state index in [9.17, 15) is 14.4 Å². The molecule has 1 amide bonds. The van der Waals surface area contributed by atoms with Crippen LogP contribution in [0.3, 0.4) is 0 Å². The summed E-state index contributed by atoms with van der Waals surface area (Å²) in [5.74, 6) is -0.537. The summed E-state index contributed by atoms with van der Waals surface area (Å²) in [6.45, 7) is 3.29. The van der Waals surface area contributed by atoms with Crippen molar-refractivity contribution in [3.63, 3.8) is 0 Å². The zero-order valence-electron chi connectivity index (χ0n) is 11.7. The lowest BCUT2D eigenvalue weighted by Crippen LogP contribution is -2.19. The molecule has 0 fully saturated rings. The highest BCUT2D eigenvalue weighted by Crippen LogP contribution is 2.37. The summed E-state index contributed by atoms with van der Waals surface area (Å²) in [7, 11) is 0. The lowest BCUT2D eigenvalue weighted by molar-refractivity contribution is -0.145. The number of ether oxygens (including phenoxy) is 3. The number of anilines is 1. The van der Waals surface area contributed by atoms with Gasteiger partial charge >= 0.3 is 5.97 Å². The molecular formula is C14H15NO6. The van der Waals surface area contributed by atoms with Gasteiger partial charge in [-0.25, -0.2) is 0 Å². The fraction of sp³-hybridized carbons (Fsp3) is 0.357. The van der Waals surface area contributed by atoms with Crippen LogP contribution in [0.2, 0.25) is 0 Å². The molecule has 0 aliphatic carbocycles. The van der Waals surface area contributed by atoms with Crippen LogP contribution >= 0.6 is 0 Å². The molecule has 2 rings (SSSR count). The number of ketones is 1. The second-order valence-electron chi connectivity index (χ2n) is 4.34. The van der Waals surface area contributed by atoms with E-state index in [1.165, 1.54) is 19.1 Å². The third-order valence-corrected chi connectivity index (χ3v) is 2.78. The van der Waals surface area contributed by atoms with E-state index in [1.807, 2.05) is 0 Å². The van der Waals surface area contributed by atoms with Gasteiger partial charge in [-0.2, -0.15) is 0 Å². The first-order chi connectivity index (χ1) is 10.0. The van der Waals surface area contributed by atoms with Gasteiger partial charge in [-0.05, 0) is 19.9 Å². The van der Waals surface area contributed by atoms with E-state index in [2.05, 4.69) is 5.32 Å². The Morgan fingerprint density at radius 2 is 1.90 bits per heavy atom. The molecule has 0 saturated heterocycles. The van der Waals surface area contributed by atoms with Crippen LogP contribution in [0.5, 0.6) is 11.5 Å². The largest absolute Gasteiger partial charge is 0.466 e. The van der Waals surface area contributed by atoms with E-state index >= 15 is 0 Å². The van der Waals surface area contributed by atoms with Crippen molar-refractivity contribution in [2.75, 3.05) is 18.7 Å². The number of amides is 1. The molecule has 21 heavy (non-hydrogen) atoms. The highest BCUT2D eigenvalue weighted by atomic mass is 16.7. The van der Waals surface area contributed by atoms with Gasteiger partial charge in [-0.15, -0.1) is 0 Å². The van der Waals surface area contributed by atoms with Crippen molar-refractivity contribution in [3.8, 4) is 11.5 Å². The SMILES string of the molecule is CCOC(=O)CC(=O)Nc1cc2c(cc1C(C)=O)OCO2. The van der Waals surface area contributed by atoms with E-state index in [4.69, 9.17) is 14.2 Å². The van der Waals surface area contributed by atoms with Gasteiger partial charge in [0, 0.05) is 11.6 Å². The fourth-order valence-electron chi connectivity index (χ4n) is 1.87. The minimum Gasteiger partial charge on any atom is -0.466 e. The maximum absolute atomic E-state index is 11.8. The molecule has 0 saturated carbocycles. The molecule has 0 spiro atoms. The molecule has 1 aromatic rings. The number of nitrogens with one attached hydrogen (secondary N) is 1. The quantitative estimate of drug-likeness (QED) is 0.502.